The molecule has 1 aromatic heterocycles. The molecule has 1 saturated heterocycles. The van der Waals surface area contributed by atoms with Gasteiger partial charge in [0.1, 0.15) is 11.6 Å². The third-order valence-corrected chi connectivity index (χ3v) is 5.11. The van der Waals surface area contributed by atoms with E-state index in [-0.39, 0.29) is 5.91 Å². The topological polar surface area (TPSA) is 50.6 Å². The van der Waals surface area contributed by atoms with Gasteiger partial charge in [-0.05, 0) is 37.6 Å². The van der Waals surface area contributed by atoms with Crippen molar-refractivity contribution in [3.05, 3.63) is 48.0 Å². The number of hydrogen-bond donors (Lipinski definition) is 0. The van der Waals surface area contributed by atoms with Gasteiger partial charge in [-0.1, -0.05) is 13.3 Å². The van der Waals surface area contributed by atoms with Crippen molar-refractivity contribution in [1.82, 2.24) is 19.4 Å². The summed E-state index contributed by atoms with van der Waals surface area (Å²) in [6.07, 6.45) is 6.02. The van der Waals surface area contributed by atoms with Gasteiger partial charge in [0.25, 0.3) is 5.91 Å². The quantitative estimate of drug-likeness (QED) is 0.671. The summed E-state index contributed by atoms with van der Waals surface area (Å²) in [5, 5.41) is 0. The van der Waals surface area contributed by atoms with Crippen molar-refractivity contribution in [2.75, 3.05) is 39.3 Å². The molecule has 0 unspecified atom stereocenters. The Hall–Kier alpha value is -2.34. The zero-order chi connectivity index (χ0) is 19.1. The van der Waals surface area contributed by atoms with Gasteiger partial charge in [-0.25, -0.2) is 4.98 Å². The molecule has 2 heterocycles. The SMILES string of the molecule is CCCCOc1ccc(C(=O)N2CCN(CCn3ccnc3C)CC2)cc1. The van der Waals surface area contributed by atoms with Crippen LogP contribution in [-0.2, 0) is 6.54 Å². The normalized spacial score (nSPS) is 15.1. The highest BCUT2D eigenvalue weighted by Gasteiger charge is 2.22. The van der Waals surface area contributed by atoms with Crippen molar-refractivity contribution in [3.8, 4) is 5.75 Å². The highest BCUT2D eigenvalue weighted by atomic mass is 16.5. The number of unbranched alkanes of at least 4 members (excludes halogenated alkanes) is 1. The summed E-state index contributed by atoms with van der Waals surface area (Å²) >= 11 is 0. The Bertz CT molecular complexity index is 718. The number of amides is 1. The first-order valence-corrected chi connectivity index (χ1v) is 9.89. The number of hydrogen-bond acceptors (Lipinski definition) is 4. The molecule has 0 spiro atoms. The van der Waals surface area contributed by atoms with Crippen LogP contribution in [0.15, 0.2) is 36.7 Å². The van der Waals surface area contributed by atoms with Crippen LogP contribution in [0.5, 0.6) is 5.75 Å². The van der Waals surface area contributed by atoms with E-state index in [4.69, 9.17) is 4.74 Å². The molecule has 6 heteroatoms. The van der Waals surface area contributed by atoms with E-state index in [2.05, 4.69) is 21.4 Å². The van der Waals surface area contributed by atoms with E-state index in [1.165, 1.54) is 0 Å². The Kier molecular flexibility index (Phi) is 6.87. The lowest BCUT2D eigenvalue weighted by atomic mass is 10.1. The monoisotopic (exact) mass is 370 g/mol. The second-order valence-electron chi connectivity index (χ2n) is 7.03. The van der Waals surface area contributed by atoms with Gasteiger partial charge in [-0.3, -0.25) is 9.69 Å². The predicted octanol–water partition coefficient (Wildman–Crippen LogP) is 2.83. The van der Waals surface area contributed by atoms with Crippen molar-refractivity contribution >= 4 is 5.91 Å². The van der Waals surface area contributed by atoms with E-state index in [1.807, 2.05) is 48.5 Å². The molecular weight excluding hydrogens is 340 g/mol. The molecule has 0 aliphatic carbocycles. The van der Waals surface area contributed by atoms with Crippen molar-refractivity contribution in [2.45, 2.75) is 33.2 Å². The maximum atomic E-state index is 12.7. The van der Waals surface area contributed by atoms with Gasteiger partial charge in [0.2, 0.25) is 0 Å². The van der Waals surface area contributed by atoms with E-state index in [1.54, 1.807) is 0 Å². The number of carbonyl (C=O) groups is 1. The van der Waals surface area contributed by atoms with Gasteiger partial charge in [-0.2, -0.15) is 0 Å². The number of piperazine rings is 1. The predicted molar refractivity (Wildman–Crippen MR) is 106 cm³/mol. The second-order valence-corrected chi connectivity index (χ2v) is 7.03. The number of imidazole rings is 1. The van der Waals surface area contributed by atoms with E-state index in [0.29, 0.717) is 0 Å². The highest BCUT2D eigenvalue weighted by molar-refractivity contribution is 5.94. The lowest BCUT2D eigenvalue weighted by Crippen LogP contribution is -2.49. The molecule has 1 aliphatic rings. The standard InChI is InChI=1S/C21H30N4O2/c1-3-4-17-27-20-7-5-19(6-8-20)21(26)25-15-12-23(13-16-25)11-14-24-10-9-22-18(24)2/h5-10H,3-4,11-17H2,1-2H3. The molecule has 27 heavy (non-hydrogen) atoms. The Morgan fingerprint density at radius 2 is 1.85 bits per heavy atom. The molecule has 2 aromatic rings. The third-order valence-electron chi connectivity index (χ3n) is 5.11. The first-order valence-electron chi connectivity index (χ1n) is 9.89. The summed E-state index contributed by atoms with van der Waals surface area (Å²) in [4.78, 5) is 21.3. The summed E-state index contributed by atoms with van der Waals surface area (Å²) in [5.74, 6) is 1.99. The third kappa shape index (κ3) is 5.32. The summed E-state index contributed by atoms with van der Waals surface area (Å²) in [6, 6.07) is 7.54. The summed E-state index contributed by atoms with van der Waals surface area (Å²) in [7, 11) is 0. The number of carbonyl (C=O) groups excluding carboxylic acids is 1. The molecule has 1 aliphatic heterocycles. The first-order chi connectivity index (χ1) is 13.2. The minimum Gasteiger partial charge on any atom is -0.494 e. The summed E-state index contributed by atoms with van der Waals surface area (Å²) in [5.41, 5.74) is 0.736. The smallest absolute Gasteiger partial charge is 0.253 e. The largest absolute Gasteiger partial charge is 0.494 e. The average molecular weight is 370 g/mol. The number of nitrogens with zero attached hydrogens (tertiary/aromatic N) is 4. The Morgan fingerprint density at radius 3 is 2.48 bits per heavy atom. The van der Waals surface area contributed by atoms with E-state index < -0.39 is 0 Å². The number of aryl methyl sites for hydroxylation is 1. The second kappa shape index (κ2) is 9.55. The molecule has 0 saturated carbocycles. The van der Waals surface area contributed by atoms with Crippen LogP contribution in [0, 0.1) is 6.92 Å². The molecule has 3 rings (SSSR count). The maximum absolute atomic E-state index is 12.7. The molecule has 0 bridgehead atoms. The summed E-state index contributed by atoms with van der Waals surface area (Å²) in [6.45, 7) is 10.2. The van der Waals surface area contributed by atoms with Crippen LogP contribution in [-0.4, -0.2) is 64.6 Å². The van der Waals surface area contributed by atoms with Crippen LogP contribution in [0.3, 0.4) is 0 Å². The number of aromatic nitrogens is 2. The average Bonchev–Trinajstić information content (AvgIpc) is 3.12. The molecular formula is C21H30N4O2. The molecule has 0 N–H and O–H groups in total. The first kappa shape index (κ1) is 19.4. The highest BCUT2D eigenvalue weighted by Crippen LogP contribution is 2.15. The molecule has 0 radical (unpaired) electrons. The van der Waals surface area contributed by atoms with Crippen molar-refractivity contribution in [1.29, 1.82) is 0 Å². The van der Waals surface area contributed by atoms with Gasteiger partial charge in [0.05, 0.1) is 6.61 Å². The molecule has 1 amide bonds. The number of ether oxygens (including phenoxy) is 1. The van der Waals surface area contributed by atoms with Crippen LogP contribution in [0.1, 0.15) is 35.9 Å². The van der Waals surface area contributed by atoms with E-state index >= 15 is 0 Å². The molecule has 0 atom stereocenters. The van der Waals surface area contributed by atoms with Gasteiger partial charge in [0.15, 0.2) is 0 Å². The van der Waals surface area contributed by atoms with Crippen molar-refractivity contribution in [3.63, 3.8) is 0 Å². The Morgan fingerprint density at radius 1 is 1.11 bits per heavy atom. The fourth-order valence-corrected chi connectivity index (χ4v) is 3.27. The van der Waals surface area contributed by atoms with Gasteiger partial charge < -0.3 is 14.2 Å². The number of benzene rings is 1. The molecule has 6 nitrogen and oxygen atoms in total. The summed E-state index contributed by atoms with van der Waals surface area (Å²) < 4.78 is 7.84. The van der Waals surface area contributed by atoms with Crippen molar-refractivity contribution < 1.29 is 9.53 Å². The van der Waals surface area contributed by atoms with Crippen LogP contribution in [0.25, 0.3) is 0 Å². The molecule has 1 fully saturated rings. The fourth-order valence-electron chi connectivity index (χ4n) is 3.27. The molecule has 1 aromatic carbocycles. The lowest BCUT2D eigenvalue weighted by Gasteiger charge is -2.34. The van der Waals surface area contributed by atoms with Crippen LogP contribution < -0.4 is 4.74 Å². The van der Waals surface area contributed by atoms with Gasteiger partial charge in [-0.15, -0.1) is 0 Å². The fraction of sp³-hybridized carbons (Fsp3) is 0.524. The zero-order valence-corrected chi connectivity index (χ0v) is 16.4. The lowest BCUT2D eigenvalue weighted by molar-refractivity contribution is 0.0633. The zero-order valence-electron chi connectivity index (χ0n) is 16.4. The van der Waals surface area contributed by atoms with Crippen LogP contribution in [0.2, 0.25) is 0 Å². The Balaban J connectivity index is 1.44. The maximum Gasteiger partial charge on any atom is 0.253 e. The minimum absolute atomic E-state index is 0.111. The molecule has 146 valence electrons. The van der Waals surface area contributed by atoms with Crippen LogP contribution in [0.4, 0.5) is 0 Å². The van der Waals surface area contributed by atoms with E-state index in [9.17, 15) is 4.79 Å². The van der Waals surface area contributed by atoms with Gasteiger partial charge >= 0.3 is 0 Å². The van der Waals surface area contributed by atoms with Gasteiger partial charge in [0, 0.05) is 57.2 Å². The van der Waals surface area contributed by atoms with Crippen molar-refractivity contribution in [2.24, 2.45) is 0 Å². The van der Waals surface area contributed by atoms with E-state index in [0.717, 1.165) is 75.9 Å². The minimum atomic E-state index is 0.111. The number of rotatable bonds is 8. The Labute approximate surface area is 161 Å². The van der Waals surface area contributed by atoms with Crippen LogP contribution >= 0.6 is 0 Å².